The molecule has 0 radical (unpaired) electrons. The first-order valence-corrected chi connectivity index (χ1v) is 7.81. The molecule has 110 valence electrons. The van der Waals surface area contributed by atoms with Gasteiger partial charge in [0.05, 0.1) is 0 Å². The fraction of sp³-hybridized carbons (Fsp3) is 0.235. The maximum Gasteiger partial charge on any atom is 0.221 e. The Balaban J connectivity index is 2.02. The lowest BCUT2D eigenvalue weighted by atomic mass is 10.1. The Morgan fingerprint density at radius 3 is 2.10 bits per heavy atom. The van der Waals surface area contributed by atoms with Crippen LogP contribution in [0.25, 0.3) is 0 Å². The number of carbonyl (C=O) groups excluding carboxylic acids is 1. The minimum atomic E-state index is -0.0572. The zero-order valence-corrected chi connectivity index (χ0v) is 13.1. The molecule has 1 amide bonds. The average molecular weight is 300 g/mol. The van der Waals surface area contributed by atoms with Crippen LogP contribution in [-0.2, 0) is 4.79 Å². The second-order valence-electron chi connectivity index (χ2n) is 4.89. The van der Waals surface area contributed by atoms with Crippen LogP contribution in [0.4, 0.5) is 5.69 Å². The van der Waals surface area contributed by atoms with E-state index < -0.39 is 0 Å². The van der Waals surface area contributed by atoms with Crippen LogP contribution in [0.15, 0.2) is 58.3 Å². The highest BCUT2D eigenvalue weighted by molar-refractivity contribution is 7.99. The summed E-state index contributed by atoms with van der Waals surface area (Å²) in [7, 11) is 0. The number of nitrogens with one attached hydrogen (secondary N) is 1. The summed E-state index contributed by atoms with van der Waals surface area (Å²) in [5.74, 6) is -0.0572. The third kappa shape index (κ3) is 4.62. The summed E-state index contributed by atoms with van der Waals surface area (Å²) in [6.07, 6.45) is 0.942. The summed E-state index contributed by atoms with van der Waals surface area (Å²) in [4.78, 5) is 13.3. The topological polar surface area (TPSA) is 55.1 Å². The van der Waals surface area contributed by atoms with Crippen molar-refractivity contribution in [2.45, 2.75) is 36.1 Å². The molecule has 4 heteroatoms. The van der Waals surface area contributed by atoms with Crippen LogP contribution < -0.4 is 11.1 Å². The Morgan fingerprint density at radius 2 is 1.62 bits per heavy atom. The maximum absolute atomic E-state index is 11.0. The minimum Gasteiger partial charge on any atom is -0.326 e. The number of hydrogen-bond donors (Lipinski definition) is 2. The molecule has 0 spiro atoms. The number of benzene rings is 2. The average Bonchev–Trinajstić information content (AvgIpc) is 2.49. The highest BCUT2D eigenvalue weighted by Crippen LogP contribution is 2.29. The zero-order chi connectivity index (χ0) is 15.2. The van der Waals surface area contributed by atoms with Crippen LogP contribution in [0, 0.1) is 0 Å². The van der Waals surface area contributed by atoms with Crippen molar-refractivity contribution in [2.75, 3.05) is 5.32 Å². The molecular weight excluding hydrogens is 280 g/mol. The lowest BCUT2D eigenvalue weighted by molar-refractivity contribution is -0.114. The maximum atomic E-state index is 11.0. The van der Waals surface area contributed by atoms with Gasteiger partial charge in [0.25, 0.3) is 0 Å². The van der Waals surface area contributed by atoms with Gasteiger partial charge in [0.15, 0.2) is 0 Å². The van der Waals surface area contributed by atoms with Crippen molar-refractivity contribution in [2.24, 2.45) is 5.73 Å². The Morgan fingerprint density at radius 1 is 1.10 bits per heavy atom. The van der Waals surface area contributed by atoms with E-state index >= 15 is 0 Å². The van der Waals surface area contributed by atoms with Gasteiger partial charge in [-0.1, -0.05) is 30.8 Å². The molecule has 0 aliphatic carbocycles. The van der Waals surface area contributed by atoms with Crippen LogP contribution in [0.5, 0.6) is 0 Å². The fourth-order valence-electron chi connectivity index (χ4n) is 1.96. The Labute approximate surface area is 129 Å². The van der Waals surface area contributed by atoms with Crippen LogP contribution in [0.3, 0.4) is 0 Å². The predicted molar refractivity (Wildman–Crippen MR) is 88.5 cm³/mol. The van der Waals surface area contributed by atoms with E-state index in [1.807, 2.05) is 24.3 Å². The van der Waals surface area contributed by atoms with Gasteiger partial charge in [0.2, 0.25) is 5.91 Å². The van der Waals surface area contributed by atoms with Crippen LogP contribution >= 0.6 is 11.8 Å². The quantitative estimate of drug-likeness (QED) is 0.870. The number of anilines is 1. The third-order valence-corrected chi connectivity index (χ3v) is 4.17. The summed E-state index contributed by atoms with van der Waals surface area (Å²) in [5, 5.41) is 2.76. The molecule has 0 heterocycles. The molecule has 2 aromatic rings. The van der Waals surface area contributed by atoms with Crippen molar-refractivity contribution >= 4 is 23.4 Å². The number of rotatable bonds is 5. The van der Waals surface area contributed by atoms with E-state index in [0.29, 0.717) is 0 Å². The molecule has 0 aliphatic heterocycles. The van der Waals surface area contributed by atoms with Gasteiger partial charge in [-0.05, 0) is 48.4 Å². The lowest BCUT2D eigenvalue weighted by Gasteiger charge is -2.10. The van der Waals surface area contributed by atoms with Gasteiger partial charge < -0.3 is 11.1 Å². The predicted octanol–water partition coefficient (Wildman–Crippen LogP) is 4.21. The molecule has 3 nitrogen and oxygen atoms in total. The number of nitrogens with two attached hydrogens (primary N) is 1. The van der Waals surface area contributed by atoms with Gasteiger partial charge in [0.1, 0.15) is 0 Å². The molecule has 21 heavy (non-hydrogen) atoms. The van der Waals surface area contributed by atoms with Crippen molar-refractivity contribution in [1.29, 1.82) is 0 Å². The first-order chi connectivity index (χ1) is 10.1. The van der Waals surface area contributed by atoms with Crippen molar-refractivity contribution in [3.8, 4) is 0 Å². The van der Waals surface area contributed by atoms with E-state index in [-0.39, 0.29) is 11.9 Å². The fourth-order valence-corrected chi connectivity index (χ4v) is 2.78. The zero-order valence-electron chi connectivity index (χ0n) is 12.3. The number of carbonyl (C=O) groups is 1. The van der Waals surface area contributed by atoms with Gasteiger partial charge in [-0.3, -0.25) is 4.79 Å². The van der Waals surface area contributed by atoms with Gasteiger partial charge in [-0.2, -0.15) is 0 Å². The van der Waals surface area contributed by atoms with E-state index in [2.05, 4.69) is 36.5 Å². The third-order valence-electron chi connectivity index (χ3n) is 3.16. The molecule has 0 saturated carbocycles. The van der Waals surface area contributed by atoms with E-state index in [0.717, 1.165) is 17.0 Å². The largest absolute Gasteiger partial charge is 0.326 e. The van der Waals surface area contributed by atoms with Gasteiger partial charge >= 0.3 is 0 Å². The van der Waals surface area contributed by atoms with E-state index in [1.165, 1.54) is 17.4 Å². The second-order valence-corrected chi connectivity index (χ2v) is 6.04. The summed E-state index contributed by atoms with van der Waals surface area (Å²) in [6, 6.07) is 16.3. The van der Waals surface area contributed by atoms with Gasteiger partial charge in [-0.25, -0.2) is 0 Å². The van der Waals surface area contributed by atoms with Gasteiger partial charge in [0, 0.05) is 28.4 Å². The van der Waals surface area contributed by atoms with E-state index in [1.54, 1.807) is 11.8 Å². The van der Waals surface area contributed by atoms with Crippen LogP contribution in [-0.4, -0.2) is 5.91 Å². The monoisotopic (exact) mass is 300 g/mol. The van der Waals surface area contributed by atoms with Crippen LogP contribution in [0.1, 0.15) is 31.9 Å². The summed E-state index contributed by atoms with van der Waals surface area (Å²) >= 11 is 1.69. The normalized spacial score (nSPS) is 12.0. The molecule has 0 saturated heterocycles. The highest BCUT2D eigenvalue weighted by Gasteiger charge is 2.04. The first-order valence-electron chi connectivity index (χ1n) is 6.99. The Hall–Kier alpha value is -1.78. The lowest BCUT2D eigenvalue weighted by Crippen LogP contribution is -2.07. The summed E-state index contributed by atoms with van der Waals surface area (Å²) in [6.45, 7) is 3.59. The number of hydrogen-bond acceptors (Lipinski definition) is 3. The van der Waals surface area contributed by atoms with Crippen LogP contribution in [0.2, 0.25) is 0 Å². The number of amides is 1. The highest BCUT2D eigenvalue weighted by atomic mass is 32.2. The smallest absolute Gasteiger partial charge is 0.221 e. The summed E-state index contributed by atoms with van der Waals surface area (Å²) < 4.78 is 0. The molecular formula is C17H20N2OS. The van der Waals surface area contributed by atoms with Crippen molar-refractivity contribution in [3.05, 3.63) is 54.1 Å². The molecule has 1 atom stereocenters. The molecule has 0 aromatic heterocycles. The first kappa shape index (κ1) is 15.6. The Kier molecular flexibility index (Phi) is 5.42. The second kappa shape index (κ2) is 7.29. The SMILES string of the molecule is CC[C@@H](N)c1ccc(Sc2ccc(NC(C)=O)cc2)cc1. The molecule has 0 fully saturated rings. The van der Waals surface area contributed by atoms with Gasteiger partial charge in [-0.15, -0.1) is 0 Å². The molecule has 0 unspecified atom stereocenters. The Bertz CT molecular complexity index is 593. The summed E-state index contributed by atoms with van der Waals surface area (Å²) in [5.41, 5.74) is 8.00. The minimum absolute atomic E-state index is 0.0572. The molecule has 0 bridgehead atoms. The van der Waals surface area contributed by atoms with Crippen molar-refractivity contribution in [3.63, 3.8) is 0 Å². The van der Waals surface area contributed by atoms with E-state index in [9.17, 15) is 4.79 Å². The molecule has 2 rings (SSSR count). The van der Waals surface area contributed by atoms with E-state index in [4.69, 9.17) is 5.73 Å². The molecule has 0 aliphatic rings. The van der Waals surface area contributed by atoms with Crippen molar-refractivity contribution < 1.29 is 4.79 Å². The molecule has 3 N–H and O–H groups in total. The molecule has 2 aromatic carbocycles. The standard InChI is InChI=1S/C17H20N2OS/c1-3-17(18)13-4-8-15(9-5-13)21-16-10-6-14(7-11-16)19-12(2)20/h4-11,17H,3,18H2,1-2H3,(H,19,20)/t17-/m1/s1. The van der Waals surface area contributed by atoms with Crippen molar-refractivity contribution in [1.82, 2.24) is 0 Å².